The molecule has 0 bridgehead atoms. The Hall–Kier alpha value is -2.59. The monoisotopic (exact) mass is 441 g/mol. The number of amides is 3. The number of aliphatic hydroxyl groups is 1. The fourth-order valence-corrected chi connectivity index (χ4v) is 3.64. The summed E-state index contributed by atoms with van der Waals surface area (Å²) < 4.78 is 43.6. The number of nitrogens with zero attached hydrogens (tertiary/aromatic N) is 1. The fourth-order valence-electron chi connectivity index (χ4n) is 3.64. The summed E-state index contributed by atoms with van der Waals surface area (Å²) in [7, 11) is 0. The van der Waals surface area contributed by atoms with Gasteiger partial charge in [-0.15, -0.1) is 0 Å². The Kier molecular flexibility index (Phi) is 7.55. The molecule has 3 N–H and O–H groups in total. The molecule has 0 spiro atoms. The van der Waals surface area contributed by atoms with Crippen LogP contribution in [0.15, 0.2) is 36.4 Å². The quantitative estimate of drug-likeness (QED) is 0.613. The molecular weight excluding hydrogens is 415 g/mol. The molecule has 2 aliphatic rings. The van der Waals surface area contributed by atoms with Gasteiger partial charge in [0.2, 0.25) is 5.91 Å². The molecule has 1 saturated heterocycles. The molecule has 3 rings (SSSR count). The summed E-state index contributed by atoms with van der Waals surface area (Å²) in [6, 6.07) is 2.75. The van der Waals surface area contributed by atoms with E-state index >= 15 is 0 Å². The predicted octanol–water partition coefficient (Wildman–Crippen LogP) is 2.91. The number of aliphatic hydroxyl groups excluding tert-OH is 1. The highest BCUT2D eigenvalue weighted by Gasteiger charge is 2.31. The van der Waals surface area contributed by atoms with Gasteiger partial charge in [-0.25, -0.2) is 4.79 Å². The first kappa shape index (κ1) is 23.1. The molecule has 0 unspecified atom stereocenters. The maximum Gasteiger partial charge on any atom is 0.416 e. The van der Waals surface area contributed by atoms with E-state index in [1.807, 2.05) is 4.90 Å². The van der Waals surface area contributed by atoms with Gasteiger partial charge in [-0.2, -0.15) is 13.2 Å². The van der Waals surface area contributed by atoms with E-state index in [1.54, 1.807) is 12.2 Å². The second-order valence-corrected chi connectivity index (χ2v) is 7.63. The van der Waals surface area contributed by atoms with Gasteiger partial charge in [-0.3, -0.25) is 4.79 Å². The molecule has 0 aromatic heterocycles. The van der Waals surface area contributed by atoms with Crippen molar-refractivity contribution in [3.05, 3.63) is 42.0 Å². The average Bonchev–Trinajstić information content (AvgIpc) is 2.75. The van der Waals surface area contributed by atoms with Gasteiger partial charge in [0, 0.05) is 18.8 Å². The van der Waals surface area contributed by atoms with Crippen LogP contribution in [0.1, 0.15) is 31.2 Å². The number of rotatable bonds is 5. The van der Waals surface area contributed by atoms with Crippen LogP contribution < -0.4 is 10.6 Å². The number of likely N-dealkylation sites (tertiary alicyclic amines) is 1. The summed E-state index contributed by atoms with van der Waals surface area (Å²) in [5.74, 6) is -0.00232. The minimum Gasteiger partial charge on any atom is -0.394 e. The largest absolute Gasteiger partial charge is 0.416 e. The van der Waals surface area contributed by atoms with Crippen LogP contribution in [-0.4, -0.2) is 59.9 Å². The number of carbonyl (C=O) groups excluding carboxylic acids is 2. The van der Waals surface area contributed by atoms with Crippen LogP contribution in [0.3, 0.4) is 0 Å². The summed E-state index contributed by atoms with van der Waals surface area (Å²) in [6.07, 6.45) is 0.909. The predicted molar refractivity (Wildman–Crippen MR) is 107 cm³/mol. The fraction of sp³-hybridized carbons (Fsp3) is 0.524. The van der Waals surface area contributed by atoms with Gasteiger partial charge in [0.15, 0.2) is 0 Å². The number of anilines is 1. The van der Waals surface area contributed by atoms with E-state index in [2.05, 4.69) is 10.6 Å². The van der Waals surface area contributed by atoms with E-state index in [-0.39, 0.29) is 24.6 Å². The number of piperidine rings is 1. The number of hydrogen-bond acceptors (Lipinski definition) is 4. The van der Waals surface area contributed by atoms with Crippen molar-refractivity contribution in [2.24, 2.45) is 0 Å². The van der Waals surface area contributed by atoms with E-state index < -0.39 is 36.0 Å². The highest BCUT2D eigenvalue weighted by Crippen LogP contribution is 2.29. The molecule has 0 radical (unpaired) electrons. The molecular formula is C21H26F3N3O4. The number of alkyl halides is 3. The number of urea groups is 1. The molecule has 1 fully saturated rings. The Morgan fingerprint density at radius 2 is 1.77 bits per heavy atom. The van der Waals surface area contributed by atoms with Crippen molar-refractivity contribution in [1.29, 1.82) is 0 Å². The van der Waals surface area contributed by atoms with Crippen LogP contribution in [0.25, 0.3) is 0 Å². The molecule has 0 saturated carbocycles. The van der Waals surface area contributed by atoms with Crippen molar-refractivity contribution in [3.8, 4) is 0 Å². The van der Waals surface area contributed by atoms with Gasteiger partial charge >= 0.3 is 12.2 Å². The van der Waals surface area contributed by atoms with Crippen LogP contribution in [0, 0.1) is 0 Å². The average molecular weight is 441 g/mol. The van der Waals surface area contributed by atoms with Crippen molar-refractivity contribution >= 4 is 17.6 Å². The van der Waals surface area contributed by atoms with Gasteiger partial charge in [-0.05, 0) is 43.5 Å². The van der Waals surface area contributed by atoms with Crippen LogP contribution in [0.2, 0.25) is 0 Å². The van der Waals surface area contributed by atoms with Gasteiger partial charge in [0.05, 0.1) is 30.7 Å². The minimum absolute atomic E-state index is 0.00232. The highest BCUT2D eigenvalue weighted by molar-refractivity contribution is 5.89. The lowest BCUT2D eigenvalue weighted by Crippen LogP contribution is -2.50. The van der Waals surface area contributed by atoms with Crippen LogP contribution in [0.4, 0.5) is 23.7 Å². The standard InChI is InChI=1S/C21H26F3N3O4/c22-21(23,24)14-4-6-15(7-5-14)25-20(30)26-17-9-8-16(31-18(17)13-28)12-19(29)27-10-2-1-3-11-27/h4-9,16-18,28H,1-3,10-13H2,(H2,25,26,30)/t16-,17-,18-/m0/s1. The van der Waals surface area contributed by atoms with Crippen molar-refractivity contribution in [2.45, 2.75) is 50.1 Å². The van der Waals surface area contributed by atoms with Crippen molar-refractivity contribution < 1.29 is 32.6 Å². The van der Waals surface area contributed by atoms with Crippen molar-refractivity contribution in [2.75, 3.05) is 25.0 Å². The van der Waals surface area contributed by atoms with E-state index in [9.17, 15) is 27.9 Å². The lowest BCUT2D eigenvalue weighted by atomic mass is 10.0. The van der Waals surface area contributed by atoms with E-state index in [0.717, 1.165) is 56.6 Å². The Balaban J connectivity index is 1.53. The zero-order valence-electron chi connectivity index (χ0n) is 16.9. The summed E-state index contributed by atoms with van der Waals surface area (Å²) in [5, 5.41) is 14.7. The summed E-state index contributed by atoms with van der Waals surface area (Å²) in [6.45, 7) is 1.12. The topological polar surface area (TPSA) is 90.9 Å². The number of nitrogens with one attached hydrogen (secondary N) is 2. The molecule has 31 heavy (non-hydrogen) atoms. The molecule has 3 atom stereocenters. The molecule has 3 amide bonds. The maximum absolute atomic E-state index is 12.6. The SMILES string of the molecule is O=C(Nc1ccc(C(F)(F)F)cc1)N[C@H]1C=C[C@@H](CC(=O)N2CCCCC2)O[C@H]1CO. The van der Waals surface area contributed by atoms with Gasteiger partial charge in [-0.1, -0.05) is 12.2 Å². The molecule has 0 aliphatic carbocycles. The lowest BCUT2D eigenvalue weighted by Gasteiger charge is -2.33. The van der Waals surface area contributed by atoms with Crippen LogP contribution >= 0.6 is 0 Å². The number of carbonyl (C=O) groups is 2. The zero-order valence-corrected chi connectivity index (χ0v) is 16.9. The maximum atomic E-state index is 12.6. The third-order valence-electron chi connectivity index (χ3n) is 5.32. The van der Waals surface area contributed by atoms with Crippen LogP contribution in [0.5, 0.6) is 0 Å². The molecule has 10 heteroatoms. The molecule has 7 nitrogen and oxygen atoms in total. The third-order valence-corrected chi connectivity index (χ3v) is 5.32. The summed E-state index contributed by atoms with van der Waals surface area (Å²) >= 11 is 0. The first-order valence-electron chi connectivity index (χ1n) is 10.2. The van der Waals surface area contributed by atoms with Crippen molar-refractivity contribution in [1.82, 2.24) is 10.2 Å². The van der Waals surface area contributed by atoms with E-state index in [0.29, 0.717) is 0 Å². The first-order chi connectivity index (χ1) is 14.8. The Bertz CT molecular complexity index is 792. The van der Waals surface area contributed by atoms with Gasteiger partial charge in [0.25, 0.3) is 0 Å². The second kappa shape index (κ2) is 10.1. The first-order valence-corrected chi connectivity index (χ1v) is 10.2. The molecule has 1 aromatic carbocycles. The third kappa shape index (κ3) is 6.44. The molecule has 170 valence electrons. The minimum atomic E-state index is -4.45. The number of hydrogen-bond donors (Lipinski definition) is 3. The second-order valence-electron chi connectivity index (χ2n) is 7.63. The zero-order chi connectivity index (χ0) is 22.4. The van der Waals surface area contributed by atoms with E-state index in [1.165, 1.54) is 0 Å². The molecule has 2 aliphatic heterocycles. The normalized spacial score (nSPS) is 24.0. The Morgan fingerprint density at radius 3 is 2.39 bits per heavy atom. The van der Waals surface area contributed by atoms with Crippen molar-refractivity contribution in [3.63, 3.8) is 0 Å². The van der Waals surface area contributed by atoms with E-state index in [4.69, 9.17) is 4.74 Å². The lowest BCUT2D eigenvalue weighted by molar-refractivity contribution is -0.138. The summed E-state index contributed by atoms with van der Waals surface area (Å²) in [5.41, 5.74) is -0.621. The van der Waals surface area contributed by atoms with Crippen LogP contribution in [-0.2, 0) is 15.7 Å². The Labute approximate surface area is 178 Å². The number of ether oxygens (including phenoxy) is 1. The highest BCUT2D eigenvalue weighted by atomic mass is 19.4. The summed E-state index contributed by atoms with van der Waals surface area (Å²) in [4.78, 5) is 26.4. The smallest absolute Gasteiger partial charge is 0.394 e. The van der Waals surface area contributed by atoms with Gasteiger partial charge < -0.3 is 25.4 Å². The van der Waals surface area contributed by atoms with Gasteiger partial charge in [0.1, 0.15) is 6.10 Å². The molecule has 1 aromatic rings. The number of halogens is 3. The number of benzene rings is 1. The molecule has 2 heterocycles. The Morgan fingerprint density at radius 1 is 1.10 bits per heavy atom.